The smallest absolute Gasteiger partial charge is 0.253 e. The molecule has 0 bridgehead atoms. The number of methoxy groups -OCH3 is 1. The second-order valence-corrected chi connectivity index (χ2v) is 9.76. The zero-order valence-corrected chi connectivity index (χ0v) is 21.2. The normalized spacial score (nSPS) is 19.2. The van der Waals surface area contributed by atoms with E-state index in [2.05, 4.69) is 30.3 Å². The molecule has 0 saturated carbocycles. The van der Waals surface area contributed by atoms with E-state index in [4.69, 9.17) is 9.47 Å². The number of aromatic nitrogens is 5. The summed E-state index contributed by atoms with van der Waals surface area (Å²) in [6.07, 6.45) is 2.03. The van der Waals surface area contributed by atoms with E-state index in [1.165, 1.54) is 12.1 Å². The van der Waals surface area contributed by atoms with Crippen LogP contribution in [0.25, 0.3) is 10.9 Å². The summed E-state index contributed by atoms with van der Waals surface area (Å²) in [5.74, 6) is 1.04. The summed E-state index contributed by atoms with van der Waals surface area (Å²) in [4.78, 5) is 21.0. The fourth-order valence-electron chi connectivity index (χ4n) is 5.44. The molecule has 2 atom stereocenters. The predicted molar refractivity (Wildman–Crippen MR) is 140 cm³/mol. The van der Waals surface area contributed by atoms with Gasteiger partial charge in [-0.25, -0.2) is 9.07 Å². The summed E-state index contributed by atoms with van der Waals surface area (Å²) in [6, 6.07) is 13.7. The number of halogens is 1. The van der Waals surface area contributed by atoms with Gasteiger partial charge in [0.15, 0.2) is 5.82 Å². The van der Waals surface area contributed by atoms with Crippen LogP contribution in [0, 0.1) is 5.82 Å². The van der Waals surface area contributed by atoms with Crippen molar-refractivity contribution in [3.05, 3.63) is 76.1 Å². The Hall–Kier alpha value is -3.83. The number of piperazine rings is 1. The van der Waals surface area contributed by atoms with Gasteiger partial charge in [0.25, 0.3) is 5.56 Å². The van der Waals surface area contributed by atoms with Crippen LogP contribution in [0.2, 0.25) is 0 Å². The Morgan fingerprint density at radius 1 is 1.13 bits per heavy atom. The number of nitrogens with zero attached hydrogens (tertiary/aromatic N) is 6. The summed E-state index contributed by atoms with van der Waals surface area (Å²) in [5.41, 5.74) is 2.07. The van der Waals surface area contributed by atoms with E-state index >= 15 is 0 Å². The molecule has 6 rings (SSSR count). The van der Waals surface area contributed by atoms with E-state index < -0.39 is 6.04 Å². The van der Waals surface area contributed by atoms with Crippen molar-refractivity contribution in [3.8, 4) is 5.75 Å². The molecule has 0 aliphatic carbocycles. The minimum Gasteiger partial charge on any atom is -0.497 e. The molecule has 38 heavy (non-hydrogen) atoms. The molecule has 10 nitrogen and oxygen atoms in total. The lowest BCUT2D eigenvalue weighted by Crippen LogP contribution is -2.49. The van der Waals surface area contributed by atoms with Crippen molar-refractivity contribution >= 4 is 16.6 Å². The van der Waals surface area contributed by atoms with Gasteiger partial charge in [0.05, 0.1) is 25.3 Å². The zero-order chi connectivity index (χ0) is 26.1. The quantitative estimate of drug-likeness (QED) is 0.398. The molecule has 2 aliphatic heterocycles. The lowest BCUT2D eigenvalue weighted by molar-refractivity contribution is 0.0906. The summed E-state index contributed by atoms with van der Waals surface area (Å²) in [5, 5.41) is 13.6. The second kappa shape index (κ2) is 10.5. The average molecular weight is 520 g/mol. The van der Waals surface area contributed by atoms with Crippen LogP contribution in [0.5, 0.6) is 5.75 Å². The minimum absolute atomic E-state index is 0.0515. The molecule has 2 saturated heterocycles. The standard InChI is InChI=1S/C27H30FN7O3/c1-37-21-9-4-18-15-23(27(36)29-24(18)16-21)25(26-30-31-32-35(26)17-22-3-2-14-38-22)34-12-10-33(11-13-34)20-7-5-19(28)6-8-20/h4-9,15-16,22,25H,2-3,10-14,17H2,1H3,(H,29,36)/t22-,25+/m1/s1. The largest absolute Gasteiger partial charge is 0.497 e. The Balaban J connectivity index is 1.35. The lowest BCUT2D eigenvalue weighted by atomic mass is 10.0. The number of hydrogen-bond acceptors (Lipinski definition) is 8. The van der Waals surface area contributed by atoms with Gasteiger partial charge in [0, 0.05) is 50.1 Å². The molecule has 2 aromatic heterocycles. The van der Waals surface area contributed by atoms with Crippen molar-refractivity contribution in [2.24, 2.45) is 0 Å². The molecule has 2 aromatic carbocycles. The molecule has 0 radical (unpaired) electrons. The van der Waals surface area contributed by atoms with Gasteiger partial charge in [-0.05, 0) is 71.1 Å². The van der Waals surface area contributed by atoms with Crippen LogP contribution in [-0.2, 0) is 11.3 Å². The molecule has 2 fully saturated rings. The third kappa shape index (κ3) is 4.86. The van der Waals surface area contributed by atoms with E-state index in [9.17, 15) is 9.18 Å². The number of ether oxygens (including phenoxy) is 2. The van der Waals surface area contributed by atoms with E-state index in [0.29, 0.717) is 42.3 Å². The third-order valence-electron chi connectivity index (χ3n) is 7.45. The van der Waals surface area contributed by atoms with Gasteiger partial charge >= 0.3 is 0 Å². The first-order valence-electron chi connectivity index (χ1n) is 12.9. The minimum atomic E-state index is -0.447. The molecule has 4 heterocycles. The summed E-state index contributed by atoms with van der Waals surface area (Å²) in [7, 11) is 1.60. The molecule has 4 aromatic rings. The topological polar surface area (TPSA) is 101 Å². The Labute approximate surface area is 219 Å². The van der Waals surface area contributed by atoms with Gasteiger partial charge in [-0.15, -0.1) is 5.10 Å². The maximum Gasteiger partial charge on any atom is 0.253 e. The van der Waals surface area contributed by atoms with Crippen molar-refractivity contribution in [1.29, 1.82) is 0 Å². The summed E-state index contributed by atoms with van der Waals surface area (Å²) >= 11 is 0. The SMILES string of the molecule is COc1ccc2cc([C@@H](c3nnnn3C[C@H]3CCCO3)N3CCN(c4ccc(F)cc4)CC3)c(=O)[nH]c2c1. The number of benzene rings is 2. The first-order chi connectivity index (χ1) is 18.6. The number of H-pyrrole nitrogens is 1. The van der Waals surface area contributed by atoms with Gasteiger partial charge in [-0.3, -0.25) is 9.69 Å². The molecule has 2 aliphatic rings. The number of nitrogens with one attached hydrogen (secondary N) is 1. The average Bonchev–Trinajstić information content (AvgIpc) is 3.63. The predicted octanol–water partition coefficient (Wildman–Crippen LogP) is 2.75. The highest BCUT2D eigenvalue weighted by molar-refractivity contribution is 5.80. The fourth-order valence-corrected chi connectivity index (χ4v) is 5.44. The molecule has 0 unspecified atom stereocenters. The van der Waals surface area contributed by atoms with Crippen molar-refractivity contribution in [3.63, 3.8) is 0 Å². The van der Waals surface area contributed by atoms with Crippen LogP contribution in [0.1, 0.15) is 30.3 Å². The molecule has 198 valence electrons. The number of anilines is 1. The molecule has 0 spiro atoms. The monoisotopic (exact) mass is 519 g/mol. The number of fused-ring (bicyclic) bond motifs is 1. The Kier molecular flexibility index (Phi) is 6.77. The Morgan fingerprint density at radius 3 is 2.68 bits per heavy atom. The highest BCUT2D eigenvalue weighted by atomic mass is 19.1. The maximum atomic E-state index is 13.5. The van der Waals surface area contributed by atoms with E-state index in [-0.39, 0.29) is 17.5 Å². The third-order valence-corrected chi connectivity index (χ3v) is 7.45. The van der Waals surface area contributed by atoms with E-state index in [1.807, 2.05) is 24.3 Å². The molecule has 11 heteroatoms. The molecular weight excluding hydrogens is 489 g/mol. The van der Waals surface area contributed by atoms with Crippen molar-refractivity contribution in [2.45, 2.75) is 31.5 Å². The van der Waals surface area contributed by atoms with Crippen LogP contribution in [0.3, 0.4) is 0 Å². The second-order valence-electron chi connectivity index (χ2n) is 9.76. The number of pyridine rings is 1. The first kappa shape index (κ1) is 24.5. The van der Waals surface area contributed by atoms with E-state index in [1.54, 1.807) is 23.9 Å². The van der Waals surface area contributed by atoms with Gasteiger partial charge in [0.1, 0.15) is 17.6 Å². The van der Waals surface area contributed by atoms with Crippen molar-refractivity contribution < 1.29 is 13.9 Å². The van der Waals surface area contributed by atoms with Gasteiger partial charge in [-0.1, -0.05) is 0 Å². The maximum absolute atomic E-state index is 13.5. The Bertz CT molecular complexity index is 1460. The van der Waals surface area contributed by atoms with Crippen LogP contribution < -0.4 is 15.2 Å². The lowest BCUT2D eigenvalue weighted by Gasteiger charge is -2.39. The summed E-state index contributed by atoms with van der Waals surface area (Å²) in [6.45, 7) is 4.07. The fraction of sp³-hybridized carbons (Fsp3) is 0.407. The highest BCUT2D eigenvalue weighted by Gasteiger charge is 2.33. The summed E-state index contributed by atoms with van der Waals surface area (Å²) < 4.78 is 26.4. The number of aromatic amines is 1. The first-order valence-corrected chi connectivity index (χ1v) is 12.9. The number of hydrogen-bond donors (Lipinski definition) is 1. The van der Waals surface area contributed by atoms with E-state index in [0.717, 1.165) is 43.6 Å². The number of rotatable bonds is 7. The van der Waals surface area contributed by atoms with Crippen LogP contribution >= 0.6 is 0 Å². The zero-order valence-electron chi connectivity index (χ0n) is 21.2. The molecule has 1 N–H and O–H groups in total. The van der Waals surface area contributed by atoms with Crippen molar-refractivity contribution in [2.75, 3.05) is 44.8 Å². The van der Waals surface area contributed by atoms with Crippen LogP contribution in [-0.4, -0.2) is 76.1 Å². The molecular formula is C27H30FN7O3. The van der Waals surface area contributed by atoms with Crippen LogP contribution in [0.4, 0.5) is 10.1 Å². The Morgan fingerprint density at radius 2 is 1.95 bits per heavy atom. The molecule has 0 amide bonds. The highest BCUT2D eigenvalue weighted by Crippen LogP contribution is 2.30. The number of tetrazole rings is 1. The van der Waals surface area contributed by atoms with Crippen molar-refractivity contribution in [1.82, 2.24) is 30.1 Å². The van der Waals surface area contributed by atoms with Crippen LogP contribution in [0.15, 0.2) is 53.3 Å². The van der Waals surface area contributed by atoms with Gasteiger partial charge in [0.2, 0.25) is 0 Å². The van der Waals surface area contributed by atoms with Gasteiger partial charge < -0.3 is 19.4 Å². The van der Waals surface area contributed by atoms with Gasteiger partial charge in [-0.2, -0.15) is 0 Å².